The van der Waals surface area contributed by atoms with Gasteiger partial charge in [0, 0.05) is 20.2 Å². The average molecular weight is 203 g/mol. The van der Waals surface area contributed by atoms with Crippen LogP contribution in [0.5, 0.6) is 0 Å². The van der Waals surface area contributed by atoms with Crippen LogP contribution >= 0.6 is 12.6 Å². The SMILES string of the molecule is COC1CN(C(=O)CS)CCC1C. The van der Waals surface area contributed by atoms with Crippen molar-refractivity contribution in [3.8, 4) is 0 Å². The van der Waals surface area contributed by atoms with Crippen LogP contribution in [0, 0.1) is 5.92 Å². The van der Waals surface area contributed by atoms with E-state index in [1.807, 2.05) is 4.90 Å². The Bertz CT molecular complexity index is 186. The normalized spacial score (nSPS) is 29.0. The van der Waals surface area contributed by atoms with Gasteiger partial charge in [-0.15, -0.1) is 0 Å². The third kappa shape index (κ3) is 2.61. The summed E-state index contributed by atoms with van der Waals surface area (Å²) in [5, 5.41) is 0. The predicted octanol–water partition coefficient (Wildman–Crippen LogP) is 0.800. The fourth-order valence-electron chi connectivity index (χ4n) is 1.67. The van der Waals surface area contributed by atoms with Crippen molar-refractivity contribution in [3.05, 3.63) is 0 Å². The highest BCUT2D eigenvalue weighted by molar-refractivity contribution is 7.81. The Hall–Kier alpha value is -0.220. The van der Waals surface area contributed by atoms with E-state index in [2.05, 4.69) is 19.6 Å². The molecule has 0 bridgehead atoms. The van der Waals surface area contributed by atoms with Crippen LogP contribution in [0.3, 0.4) is 0 Å². The van der Waals surface area contributed by atoms with E-state index in [1.165, 1.54) is 0 Å². The molecule has 0 aliphatic carbocycles. The van der Waals surface area contributed by atoms with Gasteiger partial charge in [-0.3, -0.25) is 4.79 Å². The van der Waals surface area contributed by atoms with E-state index in [9.17, 15) is 4.79 Å². The molecule has 1 amide bonds. The zero-order chi connectivity index (χ0) is 9.84. The Labute approximate surface area is 84.8 Å². The van der Waals surface area contributed by atoms with Gasteiger partial charge in [-0.1, -0.05) is 6.92 Å². The second-order valence-electron chi connectivity index (χ2n) is 3.54. The van der Waals surface area contributed by atoms with Crippen LogP contribution in [-0.4, -0.2) is 42.9 Å². The van der Waals surface area contributed by atoms with E-state index in [1.54, 1.807) is 7.11 Å². The summed E-state index contributed by atoms with van der Waals surface area (Å²) >= 11 is 3.98. The molecule has 2 unspecified atom stereocenters. The largest absolute Gasteiger partial charge is 0.379 e. The Morgan fingerprint density at radius 3 is 2.92 bits per heavy atom. The van der Waals surface area contributed by atoms with E-state index in [-0.39, 0.29) is 12.0 Å². The third-order valence-electron chi connectivity index (χ3n) is 2.68. The lowest BCUT2D eigenvalue weighted by atomic mass is 9.96. The topological polar surface area (TPSA) is 29.5 Å². The van der Waals surface area contributed by atoms with Crippen molar-refractivity contribution in [2.24, 2.45) is 5.92 Å². The Balaban J connectivity index is 2.49. The van der Waals surface area contributed by atoms with Crippen LogP contribution in [-0.2, 0) is 9.53 Å². The van der Waals surface area contributed by atoms with Gasteiger partial charge in [-0.2, -0.15) is 12.6 Å². The van der Waals surface area contributed by atoms with Gasteiger partial charge >= 0.3 is 0 Å². The molecule has 0 aromatic rings. The van der Waals surface area contributed by atoms with Crippen LogP contribution in [0.15, 0.2) is 0 Å². The molecule has 1 rings (SSSR count). The zero-order valence-corrected chi connectivity index (χ0v) is 9.09. The monoisotopic (exact) mass is 203 g/mol. The minimum Gasteiger partial charge on any atom is -0.379 e. The van der Waals surface area contributed by atoms with Crippen LogP contribution < -0.4 is 0 Å². The molecule has 13 heavy (non-hydrogen) atoms. The van der Waals surface area contributed by atoms with Gasteiger partial charge in [-0.25, -0.2) is 0 Å². The molecule has 2 atom stereocenters. The summed E-state index contributed by atoms with van der Waals surface area (Å²) in [5.41, 5.74) is 0. The summed E-state index contributed by atoms with van der Waals surface area (Å²) in [7, 11) is 1.70. The summed E-state index contributed by atoms with van der Waals surface area (Å²) in [6.45, 7) is 3.73. The van der Waals surface area contributed by atoms with Crippen molar-refractivity contribution in [1.82, 2.24) is 4.90 Å². The summed E-state index contributed by atoms with van der Waals surface area (Å²) < 4.78 is 5.31. The van der Waals surface area contributed by atoms with E-state index in [4.69, 9.17) is 4.74 Å². The van der Waals surface area contributed by atoms with Gasteiger partial charge in [0.25, 0.3) is 0 Å². The lowest BCUT2D eigenvalue weighted by Gasteiger charge is -2.35. The number of rotatable bonds is 2. The first-order chi connectivity index (χ1) is 6.19. The second kappa shape index (κ2) is 4.86. The Morgan fingerprint density at radius 1 is 1.69 bits per heavy atom. The van der Waals surface area contributed by atoms with Gasteiger partial charge < -0.3 is 9.64 Å². The molecule has 0 radical (unpaired) electrons. The highest BCUT2D eigenvalue weighted by Gasteiger charge is 2.27. The molecule has 4 heteroatoms. The zero-order valence-electron chi connectivity index (χ0n) is 8.19. The van der Waals surface area contributed by atoms with Crippen LogP contribution in [0.1, 0.15) is 13.3 Å². The molecule has 0 saturated carbocycles. The Morgan fingerprint density at radius 2 is 2.38 bits per heavy atom. The van der Waals surface area contributed by atoms with Gasteiger partial charge in [0.05, 0.1) is 11.9 Å². The molecular formula is C9H17NO2S. The fourth-order valence-corrected chi connectivity index (χ4v) is 1.87. The highest BCUT2D eigenvalue weighted by atomic mass is 32.1. The number of thiol groups is 1. The lowest BCUT2D eigenvalue weighted by Crippen LogP contribution is -2.47. The van der Waals surface area contributed by atoms with E-state index in [0.717, 1.165) is 19.5 Å². The molecule has 0 aromatic heterocycles. The van der Waals surface area contributed by atoms with Gasteiger partial charge in [0.2, 0.25) is 5.91 Å². The summed E-state index contributed by atoms with van der Waals surface area (Å²) in [4.78, 5) is 13.2. The average Bonchev–Trinajstić information content (AvgIpc) is 2.17. The van der Waals surface area contributed by atoms with Crippen LogP contribution in [0.4, 0.5) is 0 Å². The number of ether oxygens (including phenoxy) is 1. The number of carbonyl (C=O) groups excluding carboxylic acids is 1. The molecule has 1 saturated heterocycles. The maximum absolute atomic E-state index is 11.3. The van der Waals surface area contributed by atoms with Gasteiger partial charge in [-0.05, 0) is 12.3 Å². The van der Waals surface area contributed by atoms with Crippen molar-refractivity contribution < 1.29 is 9.53 Å². The quantitative estimate of drug-likeness (QED) is 0.673. The van der Waals surface area contributed by atoms with Crippen molar-refractivity contribution in [3.63, 3.8) is 0 Å². The summed E-state index contributed by atoms with van der Waals surface area (Å²) in [5.74, 6) is 0.955. The molecule has 0 aromatic carbocycles. The molecule has 3 nitrogen and oxygen atoms in total. The molecule has 1 heterocycles. The highest BCUT2D eigenvalue weighted by Crippen LogP contribution is 2.19. The van der Waals surface area contributed by atoms with E-state index >= 15 is 0 Å². The van der Waals surface area contributed by atoms with E-state index in [0.29, 0.717) is 11.7 Å². The minimum absolute atomic E-state index is 0.109. The molecule has 0 spiro atoms. The second-order valence-corrected chi connectivity index (χ2v) is 3.85. The maximum Gasteiger partial charge on any atom is 0.232 e. The van der Waals surface area contributed by atoms with Crippen molar-refractivity contribution >= 4 is 18.5 Å². The summed E-state index contributed by atoms with van der Waals surface area (Å²) in [6, 6.07) is 0. The number of carbonyl (C=O) groups is 1. The fraction of sp³-hybridized carbons (Fsp3) is 0.889. The molecular weight excluding hydrogens is 186 g/mol. The Kier molecular flexibility index (Phi) is 4.06. The van der Waals surface area contributed by atoms with E-state index < -0.39 is 0 Å². The van der Waals surface area contributed by atoms with Gasteiger partial charge in [0.15, 0.2) is 0 Å². The number of amides is 1. The number of hydrogen-bond donors (Lipinski definition) is 1. The van der Waals surface area contributed by atoms with Crippen molar-refractivity contribution in [1.29, 1.82) is 0 Å². The first-order valence-corrected chi connectivity index (χ1v) is 5.23. The number of likely N-dealkylation sites (tertiary alicyclic amines) is 1. The van der Waals surface area contributed by atoms with Gasteiger partial charge in [0.1, 0.15) is 0 Å². The first-order valence-electron chi connectivity index (χ1n) is 4.60. The number of methoxy groups -OCH3 is 1. The standard InChI is InChI=1S/C9H17NO2S/c1-7-3-4-10(9(11)6-13)5-8(7)12-2/h7-8,13H,3-6H2,1-2H3. The van der Waals surface area contributed by atoms with Crippen LogP contribution in [0.25, 0.3) is 0 Å². The van der Waals surface area contributed by atoms with Crippen molar-refractivity contribution in [2.45, 2.75) is 19.4 Å². The molecule has 1 aliphatic heterocycles. The smallest absolute Gasteiger partial charge is 0.232 e. The van der Waals surface area contributed by atoms with Crippen LogP contribution in [0.2, 0.25) is 0 Å². The molecule has 0 N–H and O–H groups in total. The first kappa shape index (κ1) is 10.9. The predicted molar refractivity (Wildman–Crippen MR) is 55.0 cm³/mol. The number of piperidine rings is 1. The number of nitrogens with zero attached hydrogens (tertiary/aromatic N) is 1. The maximum atomic E-state index is 11.3. The third-order valence-corrected chi connectivity index (χ3v) is 2.95. The molecule has 1 aliphatic rings. The molecule has 76 valence electrons. The lowest BCUT2D eigenvalue weighted by molar-refractivity contribution is -0.133. The minimum atomic E-state index is 0.109. The summed E-state index contributed by atoms with van der Waals surface area (Å²) in [6.07, 6.45) is 1.22. The van der Waals surface area contributed by atoms with Crippen molar-refractivity contribution in [2.75, 3.05) is 26.0 Å². The number of hydrogen-bond acceptors (Lipinski definition) is 3. The molecule has 1 fully saturated rings.